The molecule has 0 fully saturated rings. The van der Waals surface area contributed by atoms with Crippen molar-refractivity contribution in [2.24, 2.45) is 10.2 Å². The first-order valence-corrected chi connectivity index (χ1v) is 13.1. The topological polar surface area (TPSA) is 24.7 Å². The highest BCUT2D eigenvalue weighted by Gasteiger charge is 2.05. The van der Waals surface area contributed by atoms with Gasteiger partial charge in [0, 0.05) is 0 Å². The minimum atomic E-state index is 0.884. The maximum absolute atomic E-state index is 4.65. The van der Waals surface area contributed by atoms with Crippen LogP contribution in [0.5, 0.6) is 0 Å². The monoisotopic (exact) mass is 472 g/mol. The first-order valence-electron chi connectivity index (χ1n) is 13.1. The van der Waals surface area contributed by atoms with E-state index in [2.05, 4.69) is 121 Å². The predicted molar refractivity (Wildman–Crippen MR) is 155 cm³/mol. The molecule has 0 spiro atoms. The van der Waals surface area contributed by atoms with Crippen LogP contribution in [0, 0.1) is 6.92 Å². The lowest BCUT2D eigenvalue weighted by Crippen LogP contribution is -1.88. The minimum Gasteiger partial charge on any atom is -0.155 e. The number of azo groups is 1. The molecule has 0 heterocycles. The van der Waals surface area contributed by atoms with E-state index in [1.54, 1.807) is 0 Å². The molecule has 0 saturated heterocycles. The predicted octanol–water partition coefficient (Wildman–Crippen LogP) is 10.6. The van der Waals surface area contributed by atoms with E-state index in [-0.39, 0.29) is 0 Å². The summed E-state index contributed by atoms with van der Waals surface area (Å²) in [4.78, 5) is 0. The summed E-state index contributed by atoms with van der Waals surface area (Å²) in [5.41, 5.74) is 10.3. The number of hydrogen-bond donors (Lipinski definition) is 0. The Labute approximate surface area is 216 Å². The minimum absolute atomic E-state index is 0.884. The standard InChI is InChI=1S/C34H36N2/c1-4-5-6-9-14-28-22-33(31-17-12-8-13-18-31)25-34(24-28)36-35-27(3)21-29-19-26(2)20-32(23-29)30-15-10-7-11-16-30/h7-8,10-13,15-25H,4-6,9,14H2,1-3H3. The fourth-order valence-corrected chi connectivity index (χ4v) is 4.53. The Kier molecular flexibility index (Phi) is 8.99. The van der Waals surface area contributed by atoms with E-state index in [1.165, 1.54) is 59.1 Å². The molecule has 4 aromatic rings. The molecule has 2 nitrogen and oxygen atoms in total. The fourth-order valence-electron chi connectivity index (χ4n) is 4.53. The van der Waals surface area contributed by atoms with Crippen molar-refractivity contribution in [2.75, 3.05) is 0 Å². The first kappa shape index (κ1) is 25.3. The smallest absolute Gasteiger partial charge is 0.0865 e. The summed E-state index contributed by atoms with van der Waals surface area (Å²) in [6.07, 6.45) is 8.20. The number of unbranched alkanes of at least 4 members (excludes halogenated alkanes) is 3. The molecule has 0 aliphatic heterocycles. The Bertz CT molecular complexity index is 1320. The van der Waals surface area contributed by atoms with Crippen molar-refractivity contribution in [2.45, 2.75) is 52.9 Å². The summed E-state index contributed by atoms with van der Waals surface area (Å²) in [6.45, 7) is 6.40. The van der Waals surface area contributed by atoms with Crippen LogP contribution in [0.4, 0.5) is 5.69 Å². The van der Waals surface area contributed by atoms with Crippen LogP contribution >= 0.6 is 0 Å². The molecule has 0 amide bonds. The fraction of sp³-hybridized carbons (Fsp3) is 0.235. The van der Waals surface area contributed by atoms with Gasteiger partial charge in [-0.15, -0.1) is 0 Å². The second-order valence-electron chi connectivity index (χ2n) is 9.55. The van der Waals surface area contributed by atoms with Crippen LogP contribution in [0.25, 0.3) is 28.3 Å². The molecule has 36 heavy (non-hydrogen) atoms. The number of benzene rings is 4. The van der Waals surface area contributed by atoms with E-state index in [0.29, 0.717) is 0 Å². The Hall–Kier alpha value is -3.78. The molecule has 4 aromatic carbocycles. The average Bonchev–Trinajstić information content (AvgIpc) is 2.90. The maximum atomic E-state index is 4.65. The lowest BCUT2D eigenvalue weighted by Gasteiger charge is -2.08. The summed E-state index contributed by atoms with van der Waals surface area (Å²) < 4.78 is 0. The van der Waals surface area contributed by atoms with E-state index in [0.717, 1.165) is 23.4 Å². The number of nitrogens with zero attached hydrogens (tertiary/aromatic N) is 2. The van der Waals surface area contributed by atoms with Gasteiger partial charge in [0.25, 0.3) is 0 Å². The zero-order valence-electron chi connectivity index (χ0n) is 21.7. The van der Waals surface area contributed by atoms with E-state index >= 15 is 0 Å². The van der Waals surface area contributed by atoms with Crippen molar-refractivity contribution >= 4 is 11.8 Å². The van der Waals surface area contributed by atoms with Gasteiger partial charge in [-0.05, 0) is 89.9 Å². The van der Waals surface area contributed by atoms with Gasteiger partial charge in [-0.2, -0.15) is 10.2 Å². The van der Waals surface area contributed by atoms with Crippen LogP contribution in [-0.2, 0) is 6.42 Å². The van der Waals surface area contributed by atoms with Crippen molar-refractivity contribution in [3.05, 3.63) is 119 Å². The second-order valence-corrected chi connectivity index (χ2v) is 9.55. The molecule has 2 heteroatoms. The number of allylic oxidation sites excluding steroid dienone is 1. The Morgan fingerprint density at radius 1 is 0.694 bits per heavy atom. The van der Waals surface area contributed by atoms with Crippen LogP contribution in [-0.4, -0.2) is 0 Å². The largest absolute Gasteiger partial charge is 0.155 e. The Morgan fingerprint density at radius 2 is 1.36 bits per heavy atom. The van der Waals surface area contributed by atoms with Crippen molar-refractivity contribution in [1.29, 1.82) is 0 Å². The zero-order valence-corrected chi connectivity index (χ0v) is 21.7. The summed E-state index contributed by atoms with van der Waals surface area (Å²) in [5.74, 6) is 0. The normalized spacial score (nSPS) is 11.8. The Balaban J connectivity index is 1.58. The van der Waals surface area contributed by atoms with Gasteiger partial charge in [0.05, 0.1) is 11.4 Å². The zero-order chi connectivity index (χ0) is 25.2. The molecule has 182 valence electrons. The van der Waals surface area contributed by atoms with Crippen molar-refractivity contribution < 1.29 is 0 Å². The van der Waals surface area contributed by atoms with Gasteiger partial charge in [-0.1, -0.05) is 105 Å². The van der Waals surface area contributed by atoms with E-state index < -0.39 is 0 Å². The number of aryl methyl sites for hydroxylation is 2. The molecule has 0 unspecified atom stereocenters. The number of hydrogen-bond acceptors (Lipinski definition) is 2. The van der Waals surface area contributed by atoms with Gasteiger partial charge in [0.15, 0.2) is 0 Å². The van der Waals surface area contributed by atoms with Crippen LogP contribution in [0.15, 0.2) is 113 Å². The third kappa shape index (κ3) is 7.36. The van der Waals surface area contributed by atoms with Gasteiger partial charge in [0.1, 0.15) is 0 Å². The van der Waals surface area contributed by atoms with Gasteiger partial charge >= 0.3 is 0 Å². The average molecular weight is 473 g/mol. The summed E-state index contributed by atoms with van der Waals surface area (Å²) in [5, 5.41) is 9.25. The molecular weight excluding hydrogens is 436 g/mol. The molecule has 0 aliphatic rings. The van der Waals surface area contributed by atoms with Gasteiger partial charge in [-0.3, -0.25) is 0 Å². The van der Waals surface area contributed by atoms with Gasteiger partial charge in [-0.25, -0.2) is 0 Å². The quantitative estimate of drug-likeness (QED) is 0.162. The molecule has 4 rings (SSSR count). The summed E-state index contributed by atoms with van der Waals surface area (Å²) >= 11 is 0. The van der Waals surface area contributed by atoms with Crippen LogP contribution in [0.1, 0.15) is 56.2 Å². The molecule has 0 radical (unpaired) electrons. The van der Waals surface area contributed by atoms with E-state index in [9.17, 15) is 0 Å². The lowest BCUT2D eigenvalue weighted by atomic mass is 9.99. The molecule has 0 aromatic heterocycles. The van der Waals surface area contributed by atoms with Gasteiger partial charge in [0.2, 0.25) is 0 Å². The van der Waals surface area contributed by atoms with E-state index in [4.69, 9.17) is 0 Å². The van der Waals surface area contributed by atoms with E-state index in [1.807, 2.05) is 13.0 Å². The molecule has 0 bridgehead atoms. The highest BCUT2D eigenvalue weighted by atomic mass is 15.1. The highest BCUT2D eigenvalue weighted by molar-refractivity contribution is 5.70. The first-order chi connectivity index (χ1) is 17.6. The molecule has 0 N–H and O–H groups in total. The van der Waals surface area contributed by atoms with Crippen LogP contribution in [0.2, 0.25) is 0 Å². The summed E-state index contributed by atoms with van der Waals surface area (Å²) in [7, 11) is 0. The van der Waals surface area contributed by atoms with Crippen molar-refractivity contribution in [3.63, 3.8) is 0 Å². The van der Waals surface area contributed by atoms with Crippen molar-refractivity contribution in [1.82, 2.24) is 0 Å². The van der Waals surface area contributed by atoms with Crippen molar-refractivity contribution in [3.8, 4) is 22.3 Å². The highest BCUT2D eigenvalue weighted by Crippen LogP contribution is 2.29. The lowest BCUT2D eigenvalue weighted by molar-refractivity contribution is 0.667. The van der Waals surface area contributed by atoms with Crippen LogP contribution < -0.4 is 0 Å². The SMILES string of the molecule is CCCCCCc1cc(N=NC(C)=Cc2cc(C)cc(-c3ccccc3)c2)cc(-c2ccccc2)c1. The molecule has 0 saturated carbocycles. The third-order valence-corrected chi connectivity index (χ3v) is 6.31. The summed E-state index contributed by atoms with van der Waals surface area (Å²) in [6, 6.07) is 34.3. The molecule has 0 aliphatic carbocycles. The second kappa shape index (κ2) is 12.8. The van der Waals surface area contributed by atoms with Crippen LogP contribution in [0.3, 0.4) is 0 Å². The third-order valence-electron chi connectivity index (χ3n) is 6.31. The maximum Gasteiger partial charge on any atom is 0.0865 e. The van der Waals surface area contributed by atoms with Gasteiger partial charge < -0.3 is 0 Å². The molecule has 0 atom stereocenters. The molecular formula is C34H36N2. The Morgan fingerprint density at radius 3 is 2.03 bits per heavy atom. The number of rotatable bonds is 10.